The quantitative estimate of drug-likeness (QED) is 0.678. The van der Waals surface area contributed by atoms with E-state index in [9.17, 15) is 9.18 Å². The van der Waals surface area contributed by atoms with Crippen LogP contribution in [0.1, 0.15) is 37.4 Å². The zero-order valence-corrected chi connectivity index (χ0v) is 16.3. The fourth-order valence-electron chi connectivity index (χ4n) is 4.11. The summed E-state index contributed by atoms with van der Waals surface area (Å²) in [5.74, 6) is 1.74. The van der Waals surface area contributed by atoms with Gasteiger partial charge in [-0.25, -0.2) is 13.9 Å². The van der Waals surface area contributed by atoms with Gasteiger partial charge in [0.2, 0.25) is 5.91 Å². The van der Waals surface area contributed by atoms with E-state index in [2.05, 4.69) is 5.10 Å². The van der Waals surface area contributed by atoms with Crippen LogP contribution in [0.4, 0.5) is 4.39 Å². The molecule has 0 radical (unpaired) electrons. The van der Waals surface area contributed by atoms with Crippen LogP contribution in [-0.2, 0) is 4.79 Å². The van der Waals surface area contributed by atoms with Crippen molar-refractivity contribution in [2.24, 2.45) is 5.92 Å². The lowest BCUT2D eigenvalue weighted by molar-refractivity contribution is -0.133. The number of amides is 1. The Morgan fingerprint density at radius 1 is 1.21 bits per heavy atom. The zero-order chi connectivity index (χ0) is 20.0. The highest BCUT2D eigenvalue weighted by atomic mass is 19.1. The van der Waals surface area contributed by atoms with Gasteiger partial charge < -0.3 is 9.64 Å². The van der Waals surface area contributed by atoms with Crippen molar-refractivity contribution < 1.29 is 13.9 Å². The first-order chi connectivity index (χ1) is 14.1. The number of methoxy groups -OCH3 is 1. The lowest BCUT2D eigenvalue weighted by atomic mass is 9.97. The van der Waals surface area contributed by atoms with Crippen LogP contribution in [-0.4, -0.2) is 45.6 Å². The Hall–Kier alpha value is -2.96. The summed E-state index contributed by atoms with van der Waals surface area (Å²) in [6, 6.07) is 8.24. The number of benzene rings is 1. The standard InChI is InChI=1S/C22H23FN4O2/c1-29-19-8-7-17(23)11-18(19)15-6-9-20-24-21(25-27(20)13-15)16-3-2-10-26(12-16)22(28)14-4-5-14/h6-9,11,13-14,16H,2-5,10,12H2,1H3/t16-/m1/s1. The average Bonchev–Trinajstić information content (AvgIpc) is 3.51. The van der Waals surface area contributed by atoms with E-state index in [1.54, 1.807) is 17.7 Å². The van der Waals surface area contributed by atoms with Crippen molar-refractivity contribution in [1.82, 2.24) is 19.5 Å². The first-order valence-electron chi connectivity index (χ1n) is 10.1. The molecule has 1 aliphatic heterocycles. The Bertz CT molecular complexity index is 1080. The molecule has 0 bridgehead atoms. The third-order valence-corrected chi connectivity index (χ3v) is 5.84. The van der Waals surface area contributed by atoms with E-state index >= 15 is 0 Å². The van der Waals surface area contributed by atoms with Gasteiger partial charge in [0.15, 0.2) is 11.5 Å². The van der Waals surface area contributed by atoms with Gasteiger partial charge in [-0.3, -0.25) is 4.79 Å². The molecule has 29 heavy (non-hydrogen) atoms. The first-order valence-corrected chi connectivity index (χ1v) is 10.1. The molecule has 2 fully saturated rings. The number of fused-ring (bicyclic) bond motifs is 1. The molecule has 7 heteroatoms. The van der Waals surface area contributed by atoms with Gasteiger partial charge in [-0.2, -0.15) is 5.10 Å². The second-order valence-electron chi connectivity index (χ2n) is 7.93. The normalized spacial score (nSPS) is 19.5. The van der Waals surface area contributed by atoms with E-state index in [-0.39, 0.29) is 17.7 Å². The highest BCUT2D eigenvalue weighted by Gasteiger charge is 2.36. The molecule has 2 aromatic heterocycles. The molecule has 1 atom stereocenters. The lowest BCUT2D eigenvalue weighted by Gasteiger charge is -2.31. The van der Waals surface area contributed by atoms with Gasteiger partial charge in [-0.15, -0.1) is 0 Å². The molecule has 1 saturated carbocycles. The number of carbonyl (C=O) groups is 1. The van der Waals surface area contributed by atoms with Gasteiger partial charge in [0.05, 0.1) is 7.11 Å². The van der Waals surface area contributed by atoms with Crippen LogP contribution in [0.2, 0.25) is 0 Å². The maximum atomic E-state index is 13.8. The van der Waals surface area contributed by atoms with Crippen molar-refractivity contribution in [1.29, 1.82) is 0 Å². The van der Waals surface area contributed by atoms with Crippen LogP contribution in [0.3, 0.4) is 0 Å². The predicted octanol–water partition coefficient (Wildman–Crippen LogP) is 3.66. The summed E-state index contributed by atoms with van der Waals surface area (Å²) < 4.78 is 20.9. The second kappa shape index (κ2) is 7.13. The van der Waals surface area contributed by atoms with Crippen molar-refractivity contribution in [3.8, 4) is 16.9 Å². The lowest BCUT2D eigenvalue weighted by Crippen LogP contribution is -2.40. The summed E-state index contributed by atoms with van der Waals surface area (Å²) >= 11 is 0. The predicted molar refractivity (Wildman–Crippen MR) is 106 cm³/mol. The summed E-state index contributed by atoms with van der Waals surface area (Å²) in [6.07, 6.45) is 5.86. The average molecular weight is 394 g/mol. The molecule has 2 aliphatic rings. The van der Waals surface area contributed by atoms with Crippen LogP contribution in [0.15, 0.2) is 36.5 Å². The number of hydrogen-bond donors (Lipinski definition) is 0. The summed E-state index contributed by atoms with van der Waals surface area (Å²) in [4.78, 5) is 19.1. The minimum absolute atomic E-state index is 0.151. The van der Waals surface area contributed by atoms with Gasteiger partial charge in [0, 0.05) is 42.2 Å². The molecular formula is C22H23FN4O2. The van der Waals surface area contributed by atoms with E-state index < -0.39 is 0 Å². The van der Waals surface area contributed by atoms with Gasteiger partial charge in [-0.1, -0.05) is 0 Å². The number of rotatable bonds is 4. The fourth-order valence-corrected chi connectivity index (χ4v) is 4.11. The molecule has 3 heterocycles. The van der Waals surface area contributed by atoms with E-state index in [0.717, 1.165) is 49.3 Å². The zero-order valence-electron chi connectivity index (χ0n) is 16.3. The number of pyridine rings is 1. The third kappa shape index (κ3) is 3.45. The molecule has 3 aromatic rings. The van der Waals surface area contributed by atoms with E-state index in [1.165, 1.54) is 12.1 Å². The Balaban J connectivity index is 1.44. The summed E-state index contributed by atoms with van der Waals surface area (Å²) in [5.41, 5.74) is 2.22. The number of aromatic nitrogens is 3. The summed E-state index contributed by atoms with van der Waals surface area (Å²) in [6.45, 7) is 1.53. The third-order valence-electron chi connectivity index (χ3n) is 5.84. The minimum Gasteiger partial charge on any atom is -0.496 e. The molecule has 1 aliphatic carbocycles. The molecule has 1 amide bonds. The number of piperidine rings is 1. The SMILES string of the molecule is COc1ccc(F)cc1-c1ccc2nc([C@@H]3CCCN(C(=O)C4CC4)C3)nn2c1. The summed E-state index contributed by atoms with van der Waals surface area (Å²) in [5, 5.41) is 4.69. The molecule has 0 unspecified atom stereocenters. The Morgan fingerprint density at radius 2 is 2.07 bits per heavy atom. The van der Waals surface area contributed by atoms with Crippen molar-refractivity contribution >= 4 is 11.6 Å². The van der Waals surface area contributed by atoms with Gasteiger partial charge in [0.1, 0.15) is 11.6 Å². The maximum Gasteiger partial charge on any atom is 0.225 e. The van der Waals surface area contributed by atoms with Crippen molar-refractivity contribution in [3.63, 3.8) is 0 Å². The monoisotopic (exact) mass is 394 g/mol. The van der Waals surface area contributed by atoms with E-state index in [1.807, 2.05) is 23.2 Å². The molecule has 5 rings (SSSR count). The molecule has 0 spiro atoms. The maximum absolute atomic E-state index is 13.8. The fraction of sp³-hybridized carbons (Fsp3) is 0.409. The number of nitrogens with zero attached hydrogens (tertiary/aromatic N) is 4. The molecule has 6 nitrogen and oxygen atoms in total. The first kappa shape index (κ1) is 18.1. The molecule has 1 aromatic carbocycles. The van der Waals surface area contributed by atoms with Crippen molar-refractivity contribution in [2.75, 3.05) is 20.2 Å². The van der Waals surface area contributed by atoms with Crippen LogP contribution in [0.25, 0.3) is 16.8 Å². The Kier molecular flexibility index (Phi) is 4.45. The Labute approximate surface area is 168 Å². The van der Waals surface area contributed by atoms with Crippen molar-refractivity contribution in [3.05, 3.63) is 48.2 Å². The smallest absolute Gasteiger partial charge is 0.225 e. The number of ether oxygens (including phenoxy) is 1. The highest BCUT2D eigenvalue weighted by molar-refractivity contribution is 5.81. The van der Waals surface area contributed by atoms with E-state index in [0.29, 0.717) is 23.8 Å². The second-order valence-corrected chi connectivity index (χ2v) is 7.93. The minimum atomic E-state index is -0.317. The topological polar surface area (TPSA) is 59.7 Å². The van der Waals surface area contributed by atoms with Crippen LogP contribution >= 0.6 is 0 Å². The molecular weight excluding hydrogens is 371 g/mol. The van der Waals surface area contributed by atoms with Crippen LogP contribution in [0.5, 0.6) is 5.75 Å². The van der Waals surface area contributed by atoms with Crippen molar-refractivity contribution in [2.45, 2.75) is 31.6 Å². The number of halogens is 1. The van der Waals surface area contributed by atoms with E-state index in [4.69, 9.17) is 9.72 Å². The summed E-state index contributed by atoms with van der Waals surface area (Å²) in [7, 11) is 1.57. The van der Waals surface area contributed by atoms with Crippen LogP contribution < -0.4 is 4.74 Å². The molecule has 1 saturated heterocycles. The Morgan fingerprint density at radius 3 is 2.86 bits per heavy atom. The van der Waals surface area contributed by atoms with Gasteiger partial charge >= 0.3 is 0 Å². The number of carbonyl (C=O) groups excluding carboxylic acids is 1. The van der Waals surface area contributed by atoms with Gasteiger partial charge in [0.25, 0.3) is 0 Å². The highest BCUT2D eigenvalue weighted by Crippen LogP contribution is 2.34. The molecule has 150 valence electrons. The van der Waals surface area contributed by atoms with Crippen LogP contribution in [0, 0.1) is 11.7 Å². The van der Waals surface area contributed by atoms with Gasteiger partial charge in [-0.05, 0) is 56.0 Å². The number of hydrogen-bond acceptors (Lipinski definition) is 4. The molecule has 0 N–H and O–H groups in total. The largest absolute Gasteiger partial charge is 0.496 e. The number of likely N-dealkylation sites (tertiary alicyclic amines) is 1.